The Morgan fingerprint density at radius 1 is 1.24 bits per heavy atom. The highest BCUT2D eigenvalue weighted by Gasteiger charge is 2.16. The Labute approximate surface area is 130 Å². The molecule has 0 aromatic rings. The Hall–Kier alpha value is -1.26. The summed E-state index contributed by atoms with van der Waals surface area (Å²) < 4.78 is 0. The zero-order chi connectivity index (χ0) is 16.5. The van der Waals surface area contributed by atoms with Crippen molar-refractivity contribution in [2.24, 2.45) is 10.9 Å². The third-order valence-electron chi connectivity index (χ3n) is 2.96. The number of rotatable bonds is 7. The molecule has 21 heavy (non-hydrogen) atoms. The van der Waals surface area contributed by atoms with Crippen molar-refractivity contribution in [2.75, 3.05) is 27.2 Å². The summed E-state index contributed by atoms with van der Waals surface area (Å²) in [6.45, 7) is 11.6. The van der Waals surface area contributed by atoms with E-state index in [2.05, 4.69) is 29.5 Å². The van der Waals surface area contributed by atoms with Crippen molar-refractivity contribution in [1.29, 1.82) is 0 Å². The lowest BCUT2D eigenvalue weighted by atomic mass is 10.1. The normalized spacial score (nSPS) is 12.5. The highest BCUT2D eigenvalue weighted by atomic mass is 16.2. The lowest BCUT2D eigenvalue weighted by Crippen LogP contribution is -2.48. The number of nitrogens with one attached hydrogen (secondary N) is 2. The molecular weight excluding hydrogens is 264 g/mol. The molecule has 5 heteroatoms. The summed E-state index contributed by atoms with van der Waals surface area (Å²) in [6, 6.07) is 0. The van der Waals surface area contributed by atoms with Crippen molar-refractivity contribution in [2.45, 2.75) is 59.4 Å². The quantitative estimate of drug-likeness (QED) is 0.430. The molecule has 0 radical (unpaired) electrons. The molecule has 0 rings (SSSR count). The van der Waals surface area contributed by atoms with E-state index in [0.717, 1.165) is 24.8 Å². The van der Waals surface area contributed by atoms with Crippen molar-refractivity contribution in [3.63, 3.8) is 0 Å². The fraction of sp³-hybridized carbons (Fsp3) is 0.875. The van der Waals surface area contributed by atoms with Crippen LogP contribution in [0, 0.1) is 5.92 Å². The van der Waals surface area contributed by atoms with E-state index in [1.807, 2.05) is 32.7 Å². The molecule has 0 heterocycles. The summed E-state index contributed by atoms with van der Waals surface area (Å²) in [4.78, 5) is 18.0. The van der Waals surface area contributed by atoms with Gasteiger partial charge in [-0.15, -0.1) is 0 Å². The highest BCUT2D eigenvalue weighted by Crippen LogP contribution is 2.05. The number of carbonyl (C=O) groups excluding carboxylic acids is 1. The van der Waals surface area contributed by atoms with E-state index in [0.29, 0.717) is 6.54 Å². The van der Waals surface area contributed by atoms with E-state index in [-0.39, 0.29) is 11.4 Å². The van der Waals surface area contributed by atoms with Gasteiger partial charge in [-0.05, 0) is 33.1 Å². The van der Waals surface area contributed by atoms with Crippen molar-refractivity contribution >= 4 is 11.9 Å². The van der Waals surface area contributed by atoms with Crippen LogP contribution in [0.15, 0.2) is 4.99 Å². The fourth-order valence-corrected chi connectivity index (χ4v) is 2.01. The fourth-order valence-electron chi connectivity index (χ4n) is 2.01. The average Bonchev–Trinajstić information content (AvgIpc) is 2.30. The van der Waals surface area contributed by atoms with Gasteiger partial charge < -0.3 is 15.5 Å². The summed E-state index contributed by atoms with van der Waals surface area (Å²) >= 11 is 0. The van der Waals surface area contributed by atoms with Crippen LogP contribution in [0.4, 0.5) is 0 Å². The number of guanidine groups is 1. The van der Waals surface area contributed by atoms with Gasteiger partial charge in [-0.1, -0.05) is 26.7 Å². The Balaban J connectivity index is 4.08. The number of unbranched alkanes of at least 4 members (excludes halogenated alkanes) is 1. The topological polar surface area (TPSA) is 56.7 Å². The van der Waals surface area contributed by atoms with Crippen LogP contribution in [-0.2, 0) is 4.79 Å². The molecule has 0 aliphatic rings. The first-order valence-corrected chi connectivity index (χ1v) is 7.88. The molecule has 0 unspecified atom stereocenters. The van der Waals surface area contributed by atoms with Gasteiger partial charge in [0.2, 0.25) is 5.91 Å². The summed E-state index contributed by atoms with van der Waals surface area (Å²) in [5.74, 6) is 1.53. The van der Waals surface area contributed by atoms with Gasteiger partial charge in [0, 0.05) is 26.2 Å². The van der Waals surface area contributed by atoms with Gasteiger partial charge in [-0.25, -0.2) is 0 Å². The van der Waals surface area contributed by atoms with Crippen LogP contribution < -0.4 is 10.6 Å². The minimum Gasteiger partial charge on any atom is -0.356 e. The number of amides is 1. The standard InChI is InChI=1S/C16H34N4O/c1-13(2)10-8-9-11-18-15(17-6)20(7)12-14(21)19-16(3,4)5/h13H,8-12H2,1-7H3,(H,17,18)(H,19,21). The number of hydrogen-bond donors (Lipinski definition) is 2. The van der Waals surface area contributed by atoms with Gasteiger partial charge in [0.05, 0.1) is 6.54 Å². The molecule has 0 aliphatic heterocycles. The zero-order valence-corrected chi connectivity index (χ0v) is 14.9. The lowest BCUT2D eigenvalue weighted by molar-refractivity contribution is -0.122. The van der Waals surface area contributed by atoms with Crippen LogP contribution in [0.3, 0.4) is 0 Å². The predicted octanol–water partition coefficient (Wildman–Crippen LogP) is 2.23. The predicted molar refractivity (Wildman–Crippen MR) is 90.6 cm³/mol. The second kappa shape index (κ2) is 9.64. The van der Waals surface area contributed by atoms with Crippen molar-refractivity contribution in [1.82, 2.24) is 15.5 Å². The summed E-state index contributed by atoms with van der Waals surface area (Å²) in [6.07, 6.45) is 3.60. The van der Waals surface area contributed by atoms with Gasteiger partial charge in [0.1, 0.15) is 0 Å². The molecule has 0 bridgehead atoms. The number of nitrogens with zero attached hydrogens (tertiary/aromatic N) is 2. The first-order valence-electron chi connectivity index (χ1n) is 7.88. The molecule has 0 saturated heterocycles. The molecule has 0 aromatic carbocycles. The van der Waals surface area contributed by atoms with E-state index in [4.69, 9.17) is 0 Å². The molecule has 1 amide bonds. The van der Waals surface area contributed by atoms with Gasteiger partial charge in [-0.3, -0.25) is 9.79 Å². The van der Waals surface area contributed by atoms with Crippen LogP contribution in [-0.4, -0.2) is 49.5 Å². The van der Waals surface area contributed by atoms with Crippen molar-refractivity contribution < 1.29 is 4.79 Å². The maximum absolute atomic E-state index is 11.9. The first kappa shape index (κ1) is 19.7. The Kier molecular flexibility index (Phi) is 9.06. The number of carbonyl (C=O) groups is 1. The van der Waals surface area contributed by atoms with Crippen LogP contribution in [0.5, 0.6) is 0 Å². The smallest absolute Gasteiger partial charge is 0.240 e. The third kappa shape index (κ3) is 11.1. The maximum atomic E-state index is 11.9. The van der Waals surface area contributed by atoms with Gasteiger partial charge in [0.25, 0.3) is 0 Å². The Bertz CT molecular complexity index is 332. The van der Waals surface area contributed by atoms with Crippen LogP contribution in [0.1, 0.15) is 53.9 Å². The van der Waals surface area contributed by atoms with Crippen LogP contribution in [0.25, 0.3) is 0 Å². The maximum Gasteiger partial charge on any atom is 0.240 e. The summed E-state index contributed by atoms with van der Waals surface area (Å²) in [7, 11) is 3.63. The van der Waals surface area contributed by atoms with Gasteiger partial charge in [0.15, 0.2) is 5.96 Å². The molecule has 5 nitrogen and oxygen atoms in total. The minimum absolute atomic E-state index is 0.00718. The van der Waals surface area contributed by atoms with E-state index < -0.39 is 0 Å². The second-order valence-electron chi connectivity index (χ2n) is 7.02. The van der Waals surface area contributed by atoms with Gasteiger partial charge in [-0.2, -0.15) is 0 Å². The third-order valence-corrected chi connectivity index (χ3v) is 2.96. The Morgan fingerprint density at radius 2 is 1.86 bits per heavy atom. The number of likely N-dealkylation sites (N-methyl/N-ethyl adjacent to an activating group) is 1. The highest BCUT2D eigenvalue weighted by molar-refractivity contribution is 5.86. The van der Waals surface area contributed by atoms with Crippen molar-refractivity contribution in [3.8, 4) is 0 Å². The Morgan fingerprint density at radius 3 is 2.33 bits per heavy atom. The lowest BCUT2D eigenvalue weighted by Gasteiger charge is -2.25. The summed E-state index contributed by atoms with van der Waals surface area (Å²) in [5.41, 5.74) is -0.203. The number of hydrogen-bond acceptors (Lipinski definition) is 2. The molecule has 0 aromatic heterocycles. The monoisotopic (exact) mass is 298 g/mol. The molecule has 2 N–H and O–H groups in total. The molecule has 0 fully saturated rings. The van der Waals surface area contributed by atoms with Crippen LogP contribution >= 0.6 is 0 Å². The molecular formula is C16H34N4O. The minimum atomic E-state index is -0.203. The second-order valence-corrected chi connectivity index (χ2v) is 7.02. The SMILES string of the molecule is CN=C(NCCCCC(C)C)N(C)CC(=O)NC(C)(C)C. The first-order chi connectivity index (χ1) is 9.65. The molecule has 124 valence electrons. The van der Waals surface area contributed by atoms with Crippen LogP contribution in [0.2, 0.25) is 0 Å². The number of aliphatic imine (C=N–C) groups is 1. The molecule has 0 spiro atoms. The molecule has 0 saturated carbocycles. The zero-order valence-electron chi connectivity index (χ0n) is 14.9. The van der Waals surface area contributed by atoms with E-state index in [1.54, 1.807) is 7.05 Å². The van der Waals surface area contributed by atoms with E-state index in [1.165, 1.54) is 12.8 Å². The average molecular weight is 298 g/mol. The van der Waals surface area contributed by atoms with Gasteiger partial charge >= 0.3 is 0 Å². The molecule has 0 aliphatic carbocycles. The van der Waals surface area contributed by atoms with E-state index >= 15 is 0 Å². The van der Waals surface area contributed by atoms with Crippen molar-refractivity contribution in [3.05, 3.63) is 0 Å². The van der Waals surface area contributed by atoms with E-state index in [9.17, 15) is 4.79 Å². The largest absolute Gasteiger partial charge is 0.356 e. The summed E-state index contributed by atoms with van der Waals surface area (Å²) in [5, 5.41) is 6.26. The molecule has 0 atom stereocenters.